The minimum Gasteiger partial charge on any atom is -0.205 e. The van der Waals surface area contributed by atoms with E-state index in [-0.39, 0.29) is 11.6 Å². The number of aromatic nitrogens is 3. The highest BCUT2D eigenvalue weighted by molar-refractivity contribution is 7.89. The molecule has 6 nitrogen and oxygen atoms in total. The van der Waals surface area contributed by atoms with Gasteiger partial charge in [0.1, 0.15) is 12.4 Å². The summed E-state index contributed by atoms with van der Waals surface area (Å²) in [5.74, 6) is -0.138. The molecule has 1 aromatic heterocycles. The third-order valence-electron chi connectivity index (χ3n) is 1.32. The molecular weight excluding hydrogens is 192 g/mol. The Morgan fingerprint density at radius 1 is 1.69 bits per heavy atom. The number of nitrogens with zero attached hydrogens (tertiary/aromatic N) is 4. The lowest BCUT2D eigenvalue weighted by molar-refractivity contribution is 0.578. The van der Waals surface area contributed by atoms with Gasteiger partial charge in [-0.2, -0.15) is 5.26 Å². The summed E-state index contributed by atoms with van der Waals surface area (Å²) < 4.78 is 23.4. The molecule has 1 aromatic rings. The van der Waals surface area contributed by atoms with Crippen LogP contribution in [0.25, 0.3) is 0 Å². The first-order valence-electron chi connectivity index (χ1n) is 3.65. The molecule has 13 heavy (non-hydrogen) atoms. The summed E-state index contributed by atoms with van der Waals surface area (Å²) in [6.45, 7) is 1.75. The SMILES string of the molecule is CCCS(=O)(=O)n1cnc(C#N)n1. The fraction of sp³-hybridized carbons (Fsp3) is 0.500. The summed E-state index contributed by atoms with van der Waals surface area (Å²) in [5.41, 5.74) is 0. The molecule has 0 bridgehead atoms. The van der Waals surface area contributed by atoms with Crippen LogP contribution >= 0.6 is 0 Å². The van der Waals surface area contributed by atoms with Crippen molar-refractivity contribution in [3.05, 3.63) is 12.2 Å². The zero-order valence-electron chi connectivity index (χ0n) is 7.01. The molecule has 0 aromatic carbocycles. The van der Waals surface area contributed by atoms with Gasteiger partial charge in [-0.1, -0.05) is 6.92 Å². The van der Waals surface area contributed by atoms with Crippen LogP contribution < -0.4 is 0 Å². The first-order chi connectivity index (χ1) is 6.10. The lowest BCUT2D eigenvalue weighted by Crippen LogP contribution is -2.16. The molecule has 0 aliphatic carbocycles. The summed E-state index contributed by atoms with van der Waals surface area (Å²) >= 11 is 0. The molecule has 7 heteroatoms. The van der Waals surface area contributed by atoms with E-state index >= 15 is 0 Å². The van der Waals surface area contributed by atoms with E-state index < -0.39 is 10.0 Å². The molecule has 0 saturated carbocycles. The van der Waals surface area contributed by atoms with Gasteiger partial charge >= 0.3 is 0 Å². The van der Waals surface area contributed by atoms with E-state index in [1.165, 1.54) is 0 Å². The lowest BCUT2D eigenvalue weighted by atomic mass is 10.6. The van der Waals surface area contributed by atoms with Crippen LogP contribution in [0.1, 0.15) is 19.2 Å². The molecule has 0 atom stereocenters. The molecule has 0 saturated heterocycles. The largest absolute Gasteiger partial charge is 0.255 e. The highest BCUT2D eigenvalue weighted by atomic mass is 32.2. The average Bonchev–Trinajstić information content (AvgIpc) is 2.52. The van der Waals surface area contributed by atoms with Gasteiger partial charge < -0.3 is 0 Å². The summed E-state index contributed by atoms with van der Waals surface area (Å²) in [4.78, 5) is 3.49. The third kappa shape index (κ3) is 2.03. The van der Waals surface area contributed by atoms with Crippen molar-refractivity contribution < 1.29 is 8.42 Å². The Balaban J connectivity index is 3.03. The standard InChI is InChI=1S/C6H8N4O2S/c1-2-3-13(11,12)10-5-8-6(4-7)9-10/h5H,2-3H2,1H3. The highest BCUT2D eigenvalue weighted by Crippen LogP contribution is 1.97. The van der Waals surface area contributed by atoms with Gasteiger partial charge in [0.05, 0.1) is 5.75 Å². The van der Waals surface area contributed by atoms with Gasteiger partial charge in [0.2, 0.25) is 0 Å². The number of hydrogen-bond donors (Lipinski definition) is 0. The Hall–Kier alpha value is -1.42. The molecule has 0 N–H and O–H groups in total. The summed E-state index contributed by atoms with van der Waals surface area (Å²) in [5, 5.41) is 11.8. The predicted molar refractivity (Wildman–Crippen MR) is 44.2 cm³/mol. The van der Waals surface area contributed by atoms with Crippen molar-refractivity contribution in [2.45, 2.75) is 13.3 Å². The average molecular weight is 200 g/mol. The van der Waals surface area contributed by atoms with Crippen molar-refractivity contribution in [3.8, 4) is 6.07 Å². The van der Waals surface area contributed by atoms with Crippen LogP contribution in [0.2, 0.25) is 0 Å². The molecule has 70 valence electrons. The predicted octanol–water partition coefficient (Wildman–Crippen LogP) is -0.262. The van der Waals surface area contributed by atoms with Crippen LogP contribution in [0, 0.1) is 11.3 Å². The van der Waals surface area contributed by atoms with E-state index in [4.69, 9.17) is 5.26 Å². The van der Waals surface area contributed by atoms with Crippen LogP contribution in [-0.4, -0.2) is 28.3 Å². The number of nitriles is 1. The van der Waals surface area contributed by atoms with Gasteiger partial charge in [0.25, 0.3) is 15.8 Å². The van der Waals surface area contributed by atoms with E-state index in [0.717, 1.165) is 10.4 Å². The smallest absolute Gasteiger partial charge is 0.205 e. The van der Waals surface area contributed by atoms with Gasteiger partial charge in [0, 0.05) is 0 Å². The van der Waals surface area contributed by atoms with Gasteiger partial charge in [0.15, 0.2) is 0 Å². The van der Waals surface area contributed by atoms with E-state index in [1.807, 2.05) is 0 Å². The summed E-state index contributed by atoms with van der Waals surface area (Å²) in [7, 11) is -3.41. The molecule has 0 unspecified atom stereocenters. The Kier molecular flexibility index (Phi) is 2.63. The molecule has 0 aliphatic rings. The quantitative estimate of drug-likeness (QED) is 0.670. The topological polar surface area (TPSA) is 88.6 Å². The van der Waals surface area contributed by atoms with E-state index in [2.05, 4.69) is 10.1 Å². The second-order valence-corrected chi connectivity index (χ2v) is 4.31. The molecule has 0 spiro atoms. The minimum atomic E-state index is -3.41. The van der Waals surface area contributed by atoms with Crippen LogP contribution in [0.15, 0.2) is 6.33 Å². The fourth-order valence-corrected chi connectivity index (χ4v) is 1.88. The van der Waals surface area contributed by atoms with Crippen LogP contribution in [-0.2, 0) is 10.0 Å². The van der Waals surface area contributed by atoms with Crippen molar-refractivity contribution >= 4 is 10.0 Å². The maximum Gasteiger partial charge on any atom is 0.255 e. The zero-order chi connectivity index (χ0) is 9.90. The molecular formula is C6H8N4O2S. The molecule has 0 aliphatic heterocycles. The van der Waals surface area contributed by atoms with Crippen LogP contribution in [0.3, 0.4) is 0 Å². The molecule has 1 rings (SSSR count). The van der Waals surface area contributed by atoms with E-state index in [1.54, 1.807) is 13.0 Å². The first-order valence-corrected chi connectivity index (χ1v) is 5.26. The lowest BCUT2D eigenvalue weighted by Gasteiger charge is -1.98. The molecule has 1 heterocycles. The minimum absolute atomic E-state index is 0.00122. The van der Waals surface area contributed by atoms with Crippen LogP contribution in [0.4, 0.5) is 0 Å². The first kappa shape index (κ1) is 9.67. The van der Waals surface area contributed by atoms with Crippen molar-refractivity contribution in [1.29, 1.82) is 5.26 Å². The summed E-state index contributed by atoms with van der Waals surface area (Å²) in [6.07, 6.45) is 1.54. The normalized spacial score (nSPS) is 11.1. The van der Waals surface area contributed by atoms with Gasteiger partial charge in [-0.25, -0.2) is 13.4 Å². The van der Waals surface area contributed by atoms with Crippen molar-refractivity contribution in [1.82, 2.24) is 14.2 Å². The van der Waals surface area contributed by atoms with Crippen molar-refractivity contribution in [3.63, 3.8) is 0 Å². The molecule has 0 radical (unpaired) electrons. The number of rotatable bonds is 3. The maximum atomic E-state index is 11.3. The second kappa shape index (κ2) is 3.53. The van der Waals surface area contributed by atoms with Crippen molar-refractivity contribution in [2.75, 3.05) is 5.75 Å². The fourth-order valence-electron chi connectivity index (χ4n) is 0.786. The monoisotopic (exact) mass is 200 g/mol. The van der Waals surface area contributed by atoms with E-state index in [9.17, 15) is 8.42 Å². The van der Waals surface area contributed by atoms with Gasteiger partial charge in [-0.05, 0) is 6.42 Å². The second-order valence-electron chi connectivity index (χ2n) is 2.37. The summed E-state index contributed by atoms with van der Waals surface area (Å²) in [6, 6.07) is 1.65. The van der Waals surface area contributed by atoms with Crippen molar-refractivity contribution in [2.24, 2.45) is 0 Å². The van der Waals surface area contributed by atoms with Gasteiger partial charge in [-0.15, -0.1) is 9.19 Å². The highest BCUT2D eigenvalue weighted by Gasteiger charge is 2.13. The maximum absolute atomic E-state index is 11.3. The number of hydrogen-bond acceptors (Lipinski definition) is 5. The Morgan fingerprint density at radius 3 is 2.85 bits per heavy atom. The Morgan fingerprint density at radius 2 is 2.38 bits per heavy atom. The Bertz CT molecular complexity index is 428. The zero-order valence-corrected chi connectivity index (χ0v) is 7.82. The van der Waals surface area contributed by atoms with E-state index in [0.29, 0.717) is 6.42 Å². The third-order valence-corrected chi connectivity index (χ3v) is 2.99. The Labute approximate surface area is 75.9 Å². The molecule has 0 fully saturated rings. The van der Waals surface area contributed by atoms with Gasteiger partial charge in [-0.3, -0.25) is 0 Å². The van der Waals surface area contributed by atoms with Crippen LogP contribution in [0.5, 0.6) is 0 Å². The molecule has 0 amide bonds.